The van der Waals surface area contributed by atoms with Gasteiger partial charge in [-0.2, -0.15) is 0 Å². The number of esters is 1. The predicted octanol–water partition coefficient (Wildman–Crippen LogP) is 4.48. The lowest BCUT2D eigenvalue weighted by Gasteiger charge is -2.14. The van der Waals surface area contributed by atoms with Gasteiger partial charge >= 0.3 is 5.97 Å². The number of rotatable bonds is 9. The van der Waals surface area contributed by atoms with Crippen molar-refractivity contribution in [2.75, 3.05) is 6.61 Å². The lowest BCUT2D eigenvalue weighted by atomic mass is 10.1. The third kappa shape index (κ3) is 6.10. The molecule has 0 bridgehead atoms. The molecule has 0 aliphatic carbocycles. The van der Waals surface area contributed by atoms with Crippen LogP contribution < -0.4 is 10.5 Å². The zero-order chi connectivity index (χ0) is 24.8. The van der Waals surface area contributed by atoms with E-state index in [0.717, 1.165) is 22.6 Å². The van der Waals surface area contributed by atoms with Gasteiger partial charge in [-0.25, -0.2) is 19.7 Å². The quantitative estimate of drug-likeness (QED) is 0.356. The lowest BCUT2D eigenvalue weighted by Crippen LogP contribution is -2.26. The van der Waals surface area contributed by atoms with Crippen molar-refractivity contribution in [2.45, 2.75) is 39.3 Å². The molecule has 0 saturated carbocycles. The molecular weight excluding hydrogens is 444 g/mol. The van der Waals surface area contributed by atoms with E-state index in [-0.39, 0.29) is 6.10 Å². The first kappa shape index (κ1) is 24.1. The van der Waals surface area contributed by atoms with Crippen molar-refractivity contribution in [3.63, 3.8) is 0 Å². The molecule has 8 nitrogen and oxygen atoms in total. The lowest BCUT2D eigenvalue weighted by molar-refractivity contribution is -0.149. The highest BCUT2D eigenvalue weighted by molar-refractivity contribution is 5.77. The van der Waals surface area contributed by atoms with E-state index < -0.39 is 12.0 Å². The first-order valence-electron chi connectivity index (χ1n) is 11.4. The van der Waals surface area contributed by atoms with Crippen molar-refractivity contribution in [1.29, 1.82) is 0 Å². The molecule has 1 atom stereocenters. The van der Waals surface area contributed by atoms with Crippen molar-refractivity contribution in [1.82, 2.24) is 15.0 Å². The van der Waals surface area contributed by atoms with Crippen LogP contribution in [0.4, 0.5) is 0 Å². The number of carbonyl (C=O) groups is 1. The Balaban J connectivity index is 1.37. The largest absolute Gasteiger partial charge is 0.493 e. The average Bonchev–Trinajstić information content (AvgIpc) is 3.24. The molecule has 2 heterocycles. The smallest absolute Gasteiger partial charge is 0.327 e. The molecule has 2 aromatic carbocycles. The first-order chi connectivity index (χ1) is 16.9. The Morgan fingerprint density at radius 1 is 1.06 bits per heavy atom. The molecule has 0 aliphatic rings. The van der Waals surface area contributed by atoms with Crippen molar-refractivity contribution >= 4 is 5.97 Å². The van der Waals surface area contributed by atoms with Crippen LogP contribution >= 0.6 is 0 Å². The maximum atomic E-state index is 12.1. The Morgan fingerprint density at radius 2 is 1.77 bits per heavy atom. The third-order valence-electron chi connectivity index (χ3n) is 5.18. The number of nitrogens with zero attached hydrogens (tertiary/aromatic N) is 3. The Morgan fingerprint density at radius 3 is 2.49 bits per heavy atom. The van der Waals surface area contributed by atoms with Crippen LogP contribution in [0.2, 0.25) is 0 Å². The van der Waals surface area contributed by atoms with Crippen LogP contribution in [0.3, 0.4) is 0 Å². The number of carbonyl (C=O) groups excluding carboxylic acids is 1. The van der Waals surface area contributed by atoms with E-state index in [1.54, 1.807) is 50.5 Å². The molecule has 0 fully saturated rings. The minimum atomic E-state index is -0.916. The average molecular weight is 472 g/mol. The zero-order valence-electron chi connectivity index (χ0n) is 19.9. The fourth-order valence-corrected chi connectivity index (χ4v) is 3.41. The molecule has 4 aromatic rings. The summed E-state index contributed by atoms with van der Waals surface area (Å²) in [6.45, 7) is 5.80. The summed E-state index contributed by atoms with van der Waals surface area (Å²) in [6.07, 6.45) is 3.74. The summed E-state index contributed by atoms with van der Waals surface area (Å²) in [5.74, 6) is 1.94. The van der Waals surface area contributed by atoms with E-state index in [9.17, 15) is 4.79 Å². The second-order valence-electron chi connectivity index (χ2n) is 8.20. The van der Waals surface area contributed by atoms with Gasteiger partial charge in [-0.15, -0.1) is 0 Å². The summed E-state index contributed by atoms with van der Waals surface area (Å²) in [5.41, 5.74) is 9.11. The Bertz CT molecular complexity index is 1270. The van der Waals surface area contributed by atoms with Gasteiger partial charge in [0, 0.05) is 36.0 Å². The number of aryl methyl sites for hydroxylation is 1. The number of oxazole rings is 1. The Hall–Kier alpha value is -4.04. The molecule has 0 aliphatic heterocycles. The number of aromatic nitrogens is 3. The number of ether oxygens (including phenoxy) is 2. The molecular formula is C27H27N4O4. The second-order valence-corrected chi connectivity index (χ2v) is 8.20. The van der Waals surface area contributed by atoms with Gasteiger partial charge in [-0.3, -0.25) is 0 Å². The standard InChI is InChI=1S/C27H27N4O4/c1-17(2)34-27(32)24(28)21-6-4-7-22(16-21)33-15-12-23-18(3)35-26(31-23)20-10-8-19(9-11-20)25-29-13-5-14-30-25/h4-11,13-14,17,24H,12,15,28H2,1-3H3. The molecule has 1 radical (unpaired) electrons. The maximum absolute atomic E-state index is 12.1. The van der Waals surface area contributed by atoms with Gasteiger partial charge in [0.25, 0.3) is 0 Å². The van der Waals surface area contributed by atoms with Crippen molar-refractivity contribution in [3.8, 4) is 28.6 Å². The fraction of sp³-hybridized carbons (Fsp3) is 0.259. The monoisotopic (exact) mass is 471 g/mol. The summed E-state index contributed by atoms with van der Waals surface area (Å²) in [7, 11) is 0. The van der Waals surface area contributed by atoms with E-state index >= 15 is 0 Å². The normalized spacial score (nSPS) is 11.9. The first-order valence-corrected chi connectivity index (χ1v) is 11.4. The minimum Gasteiger partial charge on any atom is -0.493 e. The summed E-state index contributed by atoms with van der Waals surface area (Å²) in [5, 5.41) is 0. The number of benzene rings is 2. The summed E-state index contributed by atoms with van der Waals surface area (Å²) in [6, 6.07) is 16.9. The highest BCUT2D eigenvalue weighted by Gasteiger charge is 2.19. The molecule has 35 heavy (non-hydrogen) atoms. The van der Waals surface area contributed by atoms with Crippen LogP contribution in [0.25, 0.3) is 22.8 Å². The fourth-order valence-electron chi connectivity index (χ4n) is 3.41. The van der Waals surface area contributed by atoms with E-state index in [1.807, 2.05) is 31.2 Å². The van der Waals surface area contributed by atoms with Crippen LogP contribution in [0.5, 0.6) is 5.75 Å². The van der Waals surface area contributed by atoms with Crippen LogP contribution in [0.1, 0.15) is 36.9 Å². The van der Waals surface area contributed by atoms with Crippen molar-refractivity contribution in [3.05, 3.63) is 84.0 Å². The van der Waals surface area contributed by atoms with Crippen LogP contribution in [-0.2, 0) is 16.0 Å². The van der Waals surface area contributed by atoms with Gasteiger partial charge in [0.1, 0.15) is 17.6 Å². The highest BCUT2D eigenvalue weighted by Crippen LogP contribution is 2.25. The minimum absolute atomic E-state index is 0.237. The molecule has 2 aromatic heterocycles. The second kappa shape index (κ2) is 10.9. The molecule has 0 spiro atoms. The molecule has 1 unspecified atom stereocenters. The van der Waals surface area contributed by atoms with E-state index in [0.29, 0.717) is 36.1 Å². The molecule has 2 N–H and O–H groups in total. The van der Waals surface area contributed by atoms with E-state index in [1.165, 1.54) is 0 Å². The van der Waals surface area contributed by atoms with Crippen LogP contribution in [0, 0.1) is 13.0 Å². The zero-order valence-corrected chi connectivity index (χ0v) is 19.9. The summed E-state index contributed by atoms with van der Waals surface area (Å²) >= 11 is 0. The van der Waals surface area contributed by atoms with Gasteiger partial charge in [0.15, 0.2) is 5.82 Å². The maximum Gasteiger partial charge on any atom is 0.327 e. The molecule has 8 heteroatoms. The number of nitrogens with two attached hydrogens (primary N) is 1. The molecule has 4 rings (SSSR count). The highest BCUT2D eigenvalue weighted by atomic mass is 16.5. The Kier molecular flexibility index (Phi) is 7.52. The van der Waals surface area contributed by atoms with E-state index in [4.69, 9.17) is 19.6 Å². The third-order valence-corrected chi connectivity index (χ3v) is 5.18. The van der Waals surface area contributed by atoms with Gasteiger partial charge in [0.2, 0.25) is 5.89 Å². The van der Waals surface area contributed by atoms with Crippen LogP contribution in [0.15, 0.2) is 65.3 Å². The van der Waals surface area contributed by atoms with Crippen molar-refractivity contribution < 1.29 is 18.7 Å². The molecule has 179 valence electrons. The number of hydrogen-bond donors (Lipinski definition) is 1. The van der Waals surface area contributed by atoms with Gasteiger partial charge in [-0.05, 0) is 50.6 Å². The van der Waals surface area contributed by atoms with Gasteiger partial charge in [0.05, 0.1) is 18.4 Å². The van der Waals surface area contributed by atoms with Gasteiger partial charge in [-0.1, -0.05) is 24.3 Å². The number of hydrogen-bond acceptors (Lipinski definition) is 8. The Labute approximate surface area is 204 Å². The molecule has 0 amide bonds. The predicted molar refractivity (Wildman–Crippen MR) is 130 cm³/mol. The van der Waals surface area contributed by atoms with E-state index in [2.05, 4.69) is 21.0 Å². The summed E-state index contributed by atoms with van der Waals surface area (Å²) in [4.78, 5) is 25.3. The molecule has 0 saturated heterocycles. The van der Waals surface area contributed by atoms with Crippen LogP contribution in [-0.4, -0.2) is 33.6 Å². The van der Waals surface area contributed by atoms with Crippen molar-refractivity contribution in [2.24, 2.45) is 5.73 Å². The summed E-state index contributed by atoms with van der Waals surface area (Å²) < 4.78 is 16.9. The SMILES string of the molecule is Cc1oc(-c2ccc(-c3ncccn3)cc2)nc1CCOc1[c]c(C(N)C(=O)OC(C)C)ccc1. The van der Waals surface area contributed by atoms with Gasteiger partial charge < -0.3 is 19.6 Å². The topological polar surface area (TPSA) is 113 Å².